The van der Waals surface area contributed by atoms with E-state index in [0.717, 1.165) is 5.56 Å². The van der Waals surface area contributed by atoms with Crippen molar-refractivity contribution in [1.29, 1.82) is 0 Å². The first-order valence-electron chi connectivity index (χ1n) is 4.85. The van der Waals surface area contributed by atoms with E-state index in [2.05, 4.69) is 0 Å². The molecule has 0 aromatic heterocycles. The van der Waals surface area contributed by atoms with Gasteiger partial charge in [0.15, 0.2) is 0 Å². The highest BCUT2D eigenvalue weighted by Crippen LogP contribution is 2.13. The third-order valence-corrected chi connectivity index (χ3v) is 2.27. The fourth-order valence-electron chi connectivity index (χ4n) is 1.27. The highest BCUT2D eigenvalue weighted by atomic mass is 16.6. The maximum Gasteiger partial charge on any atom is 0.269 e. The van der Waals surface area contributed by atoms with Crippen molar-refractivity contribution in [3.8, 4) is 0 Å². The average molecular weight is 226 g/mol. The van der Waals surface area contributed by atoms with E-state index in [1.165, 1.54) is 12.1 Å². The van der Waals surface area contributed by atoms with Gasteiger partial charge < -0.3 is 15.9 Å². The number of nitrogens with zero attached hydrogens (tertiary/aromatic N) is 1. The van der Waals surface area contributed by atoms with Crippen LogP contribution in [0.2, 0.25) is 0 Å². The standard InChI is InChI=1S/C10H14N2O4/c11-10(14)9(13)6-3-7-1-4-8(5-2-7)12(15)16/h1-2,4-5,9-10,13-14H,3,6,11H2/t9?,10-/m0/s1. The minimum atomic E-state index is -1.25. The zero-order chi connectivity index (χ0) is 12.1. The van der Waals surface area contributed by atoms with Crippen LogP contribution in [0.1, 0.15) is 12.0 Å². The number of aliphatic hydroxyl groups is 2. The highest BCUT2D eigenvalue weighted by Gasteiger charge is 2.11. The summed E-state index contributed by atoms with van der Waals surface area (Å²) in [6, 6.07) is 6.04. The molecule has 16 heavy (non-hydrogen) atoms. The predicted octanol–water partition coefficient (Wildman–Crippen LogP) is 0.165. The van der Waals surface area contributed by atoms with Crippen molar-refractivity contribution in [2.45, 2.75) is 25.2 Å². The molecule has 1 rings (SSSR count). The SMILES string of the molecule is N[C@@H](O)C(O)CCc1ccc([N+](=O)[O-])cc1. The first kappa shape index (κ1) is 12.6. The molecule has 2 atom stereocenters. The maximum absolute atomic E-state index is 10.4. The zero-order valence-corrected chi connectivity index (χ0v) is 8.61. The molecule has 0 spiro atoms. The van der Waals surface area contributed by atoms with Crippen LogP contribution in [0.4, 0.5) is 5.69 Å². The van der Waals surface area contributed by atoms with Crippen LogP contribution in [-0.4, -0.2) is 27.5 Å². The molecule has 0 aliphatic carbocycles. The van der Waals surface area contributed by atoms with Gasteiger partial charge in [-0.2, -0.15) is 0 Å². The Kier molecular flexibility index (Phi) is 4.36. The molecule has 1 aromatic rings. The molecule has 0 aliphatic heterocycles. The van der Waals surface area contributed by atoms with E-state index < -0.39 is 17.3 Å². The first-order valence-corrected chi connectivity index (χ1v) is 4.85. The van der Waals surface area contributed by atoms with E-state index in [-0.39, 0.29) is 5.69 Å². The molecular weight excluding hydrogens is 212 g/mol. The van der Waals surface area contributed by atoms with Gasteiger partial charge in [0.05, 0.1) is 11.0 Å². The van der Waals surface area contributed by atoms with E-state index in [4.69, 9.17) is 10.8 Å². The molecule has 6 nitrogen and oxygen atoms in total. The fourth-order valence-corrected chi connectivity index (χ4v) is 1.27. The Morgan fingerprint density at radius 1 is 1.31 bits per heavy atom. The Morgan fingerprint density at radius 2 is 1.88 bits per heavy atom. The van der Waals surface area contributed by atoms with Crippen molar-refractivity contribution in [1.82, 2.24) is 0 Å². The monoisotopic (exact) mass is 226 g/mol. The van der Waals surface area contributed by atoms with Gasteiger partial charge >= 0.3 is 0 Å². The molecule has 88 valence electrons. The molecular formula is C10H14N2O4. The van der Waals surface area contributed by atoms with Gasteiger partial charge in [0.2, 0.25) is 0 Å². The molecule has 0 aliphatic rings. The Hall–Kier alpha value is -1.50. The molecule has 0 radical (unpaired) electrons. The van der Waals surface area contributed by atoms with Crippen LogP contribution >= 0.6 is 0 Å². The summed E-state index contributed by atoms with van der Waals surface area (Å²) >= 11 is 0. The summed E-state index contributed by atoms with van der Waals surface area (Å²) in [5.41, 5.74) is 5.96. The van der Waals surface area contributed by atoms with Gasteiger partial charge in [0, 0.05) is 12.1 Å². The molecule has 0 saturated carbocycles. The van der Waals surface area contributed by atoms with Crippen LogP contribution in [0.15, 0.2) is 24.3 Å². The minimum absolute atomic E-state index is 0.0307. The molecule has 6 heteroatoms. The van der Waals surface area contributed by atoms with Gasteiger partial charge in [0.25, 0.3) is 5.69 Å². The van der Waals surface area contributed by atoms with Crippen molar-refractivity contribution >= 4 is 5.69 Å². The Morgan fingerprint density at radius 3 is 2.31 bits per heavy atom. The number of hydrogen-bond acceptors (Lipinski definition) is 5. The summed E-state index contributed by atoms with van der Waals surface area (Å²) in [5.74, 6) is 0. The lowest BCUT2D eigenvalue weighted by atomic mass is 10.1. The van der Waals surface area contributed by atoms with E-state index in [1.54, 1.807) is 12.1 Å². The van der Waals surface area contributed by atoms with Gasteiger partial charge in [-0.3, -0.25) is 10.1 Å². The van der Waals surface area contributed by atoms with Crippen molar-refractivity contribution in [3.05, 3.63) is 39.9 Å². The number of benzene rings is 1. The molecule has 1 unspecified atom stereocenters. The predicted molar refractivity (Wildman–Crippen MR) is 57.6 cm³/mol. The average Bonchev–Trinajstić information content (AvgIpc) is 2.26. The number of nitro groups is 1. The lowest BCUT2D eigenvalue weighted by molar-refractivity contribution is -0.384. The Bertz CT molecular complexity index is 350. The molecule has 0 fully saturated rings. The quantitative estimate of drug-likeness (QED) is 0.376. The third kappa shape index (κ3) is 3.58. The van der Waals surface area contributed by atoms with Crippen LogP contribution in [0.5, 0.6) is 0 Å². The summed E-state index contributed by atoms with van der Waals surface area (Å²) in [6.45, 7) is 0. The maximum atomic E-state index is 10.4. The number of aliphatic hydroxyl groups excluding tert-OH is 2. The number of non-ortho nitro benzene ring substituents is 1. The second kappa shape index (κ2) is 5.55. The van der Waals surface area contributed by atoms with Crippen molar-refractivity contribution in [2.75, 3.05) is 0 Å². The van der Waals surface area contributed by atoms with Gasteiger partial charge in [-0.05, 0) is 18.4 Å². The van der Waals surface area contributed by atoms with Crippen LogP contribution in [0, 0.1) is 10.1 Å². The van der Waals surface area contributed by atoms with Gasteiger partial charge in [0.1, 0.15) is 6.23 Å². The highest BCUT2D eigenvalue weighted by molar-refractivity contribution is 5.32. The van der Waals surface area contributed by atoms with E-state index >= 15 is 0 Å². The number of nitro benzene ring substituents is 1. The molecule has 0 bridgehead atoms. The molecule has 0 saturated heterocycles. The molecule has 1 aromatic carbocycles. The number of hydrogen-bond donors (Lipinski definition) is 3. The minimum Gasteiger partial charge on any atom is -0.389 e. The number of rotatable bonds is 5. The van der Waals surface area contributed by atoms with Crippen molar-refractivity contribution in [3.63, 3.8) is 0 Å². The van der Waals surface area contributed by atoms with Crippen molar-refractivity contribution in [2.24, 2.45) is 5.73 Å². The van der Waals surface area contributed by atoms with Gasteiger partial charge in [-0.1, -0.05) is 12.1 Å². The van der Waals surface area contributed by atoms with Gasteiger partial charge in [-0.25, -0.2) is 0 Å². The lowest BCUT2D eigenvalue weighted by Crippen LogP contribution is -2.34. The van der Waals surface area contributed by atoms with Crippen LogP contribution in [0.25, 0.3) is 0 Å². The lowest BCUT2D eigenvalue weighted by Gasteiger charge is -2.12. The van der Waals surface area contributed by atoms with Gasteiger partial charge in [-0.15, -0.1) is 0 Å². The summed E-state index contributed by atoms with van der Waals surface area (Å²) < 4.78 is 0. The second-order valence-electron chi connectivity index (χ2n) is 3.52. The van der Waals surface area contributed by atoms with Crippen molar-refractivity contribution < 1.29 is 15.1 Å². The number of aryl methyl sites for hydroxylation is 1. The summed E-state index contributed by atoms with van der Waals surface area (Å²) in [6.07, 6.45) is -1.41. The molecule has 0 heterocycles. The van der Waals surface area contributed by atoms with Crippen LogP contribution in [-0.2, 0) is 6.42 Å². The Balaban J connectivity index is 2.53. The fraction of sp³-hybridized carbons (Fsp3) is 0.400. The second-order valence-corrected chi connectivity index (χ2v) is 3.52. The largest absolute Gasteiger partial charge is 0.389 e. The molecule has 0 amide bonds. The topological polar surface area (TPSA) is 110 Å². The summed E-state index contributed by atoms with van der Waals surface area (Å²) in [5, 5.41) is 28.5. The van der Waals surface area contributed by atoms with Crippen LogP contribution in [0.3, 0.4) is 0 Å². The normalized spacial score (nSPS) is 14.4. The molecule has 4 N–H and O–H groups in total. The summed E-state index contributed by atoms with van der Waals surface area (Å²) in [7, 11) is 0. The zero-order valence-electron chi connectivity index (χ0n) is 8.61. The summed E-state index contributed by atoms with van der Waals surface area (Å²) in [4.78, 5) is 9.91. The third-order valence-electron chi connectivity index (χ3n) is 2.27. The first-order chi connectivity index (χ1) is 7.50. The number of nitrogens with two attached hydrogens (primary N) is 1. The van der Waals surface area contributed by atoms with Crippen LogP contribution < -0.4 is 5.73 Å². The van der Waals surface area contributed by atoms with E-state index in [0.29, 0.717) is 12.8 Å². The van der Waals surface area contributed by atoms with E-state index in [9.17, 15) is 15.2 Å². The smallest absolute Gasteiger partial charge is 0.269 e. The Labute approximate surface area is 92.5 Å². The van der Waals surface area contributed by atoms with E-state index in [1.807, 2.05) is 0 Å².